The van der Waals surface area contributed by atoms with Crippen molar-refractivity contribution in [2.45, 2.75) is 32.2 Å². The van der Waals surface area contributed by atoms with E-state index in [0.29, 0.717) is 6.54 Å². The maximum absolute atomic E-state index is 10.9. The Morgan fingerprint density at radius 2 is 2.09 bits per heavy atom. The quantitative estimate of drug-likeness (QED) is 0.617. The molecule has 1 atom stereocenters. The highest BCUT2D eigenvalue weighted by atomic mass is 32.2. The van der Waals surface area contributed by atoms with Crippen molar-refractivity contribution >= 4 is 10.2 Å². The molecule has 2 N–H and O–H groups in total. The summed E-state index contributed by atoms with van der Waals surface area (Å²) in [7, 11) is -3.44. The lowest BCUT2D eigenvalue weighted by molar-refractivity contribution is 0.269. The van der Waals surface area contributed by atoms with E-state index in [9.17, 15) is 8.42 Å². The fourth-order valence-corrected chi connectivity index (χ4v) is 2.44. The van der Waals surface area contributed by atoms with E-state index in [1.807, 2.05) is 6.92 Å². The second-order valence-corrected chi connectivity index (χ2v) is 4.50. The molecule has 1 heterocycles. The maximum atomic E-state index is 10.9. The predicted octanol–water partition coefficient (Wildman–Crippen LogP) is 0.0643. The second kappa shape index (κ2) is 3.08. The van der Waals surface area contributed by atoms with Crippen LogP contribution in [0.1, 0.15) is 26.2 Å². The maximum Gasteiger partial charge on any atom is 0.277 e. The number of rotatable bonds is 1. The third-order valence-electron chi connectivity index (χ3n) is 2.07. The van der Waals surface area contributed by atoms with Crippen LogP contribution in [0.3, 0.4) is 0 Å². The summed E-state index contributed by atoms with van der Waals surface area (Å²) in [5.41, 5.74) is 0. The van der Waals surface area contributed by atoms with Crippen molar-refractivity contribution in [2.24, 2.45) is 5.14 Å². The zero-order valence-electron chi connectivity index (χ0n) is 6.66. The zero-order valence-corrected chi connectivity index (χ0v) is 7.47. The lowest BCUT2D eigenvalue weighted by Gasteiger charge is -2.30. The summed E-state index contributed by atoms with van der Waals surface area (Å²) >= 11 is 0. The standard InChI is InChI=1S/C6H14N2O2S/c1-6-4-2-3-5-8(6)11(7,9)10/h6H,2-5H2,1H3,(H2,7,9,10). The molecule has 1 saturated heterocycles. The van der Waals surface area contributed by atoms with Crippen molar-refractivity contribution in [1.82, 2.24) is 4.31 Å². The van der Waals surface area contributed by atoms with Gasteiger partial charge in [0.15, 0.2) is 0 Å². The molecule has 1 unspecified atom stereocenters. The minimum Gasteiger partial charge on any atom is -0.216 e. The largest absolute Gasteiger partial charge is 0.277 e. The van der Waals surface area contributed by atoms with Crippen molar-refractivity contribution in [1.29, 1.82) is 0 Å². The van der Waals surface area contributed by atoms with Crippen molar-refractivity contribution in [3.63, 3.8) is 0 Å². The van der Waals surface area contributed by atoms with Gasteiger partial charge in [0.2, 0.25) is 0 Å². The molecule has 4 nitrogen and oxygen atoms in total. The van der Waals surface area contributed by atoms with Crippen molar-refractivity contribution in [2.75, 3.05) is 6.54 Å². The van der Waals surface area contributed by atoms with Crippen LogP contribution in [-0.4, -0.2) is 25.3 Å². The summed E-state index contributed by atoms with van der Waals surface area (Å²) < 4.78 is 23.2. The molecule has 5 heteroatoms. The van der Waals surface area contributed by atoms with Gasteiger partial charge in [-0.05, 0) is 19.8 Å². The van der Waals surface area contributed by atoms with Gasteiger partial charge in [-0.3, -0.25) is 0 Å². The van der Waals surface area contributed by atoms with Gasteiger partial charge in [0.25, 0.3) is 10.2 Å². The van der Waals surface area contributed by atoms with Crippen LogP contribution in [0.4, 0.5) is 0 Å². The van der Waals surface area contributed by atoms with E-state index in [1.54, 1.807) is 0 Å². The van der Waals surface area contributed by atoms with E-state index in [2.05, 4.69) is 0 Å². The minimum absolute atomic E-state index is 0.0822. The zero-order chi connectivity index (χ0) is 8.48. The van der Waals surface area contributed by atoms with Crippen LogP contribution in [-0.2, 0) is 10.2 Å². The van der Waals surface area contributed by atoms with E-state index in [4.69, 9.17) is 5.14 Å². The predicted molar refractivity (Wildman–Crippen MR) is 43.1 cm³/mol. The molecule has 0 aromatic heterocycles. The number of nitrogens with two attached hydrogens (primary N) is 1. The summed E-state index contributed by atoms with van der Waals surface area (Å²) in [6.07, 6.45) is 2.96. The van der Waals surface area contributed by atoms with E-state index >= 15 is 0 Å². The van der Waals surface area contributed by atoms with E-state index < -0.39 is 10.2 Å². The first-order chi connectivity index (χ1) is 5.02. The molecule has 0 amide bonds. The third kappa shape index (κ3) is 2.15. The van der Waals surface area contributed by atoms with Gasteiger partial charge in [-0.15, -0.1) is 0 Å². The Morgan fingerprint density at radius 3 is 2.45 bits per heavy atom. The van der Waals surface area contributed by atoms with Crippen LogP contribution in [0.2, 0.25) is 0 Å². The molecule has 0 aromatic carbocycles. The molecule has 1 aliphatic rings. The molecule has 0 spiro atoms. The first kappa shape index (κ1) is 8.96. The highest BCUT2D eigenvalue weighted by molar-refractivity contribution is 7.86. The molecular formula is C6H14N2O2S. The Balaban J connectivity index is 2.70. The fourth-order valence-electron chi connectivity index (χ4n) is 1.45. The normalized spacial score (nSPS) is 28.7. The highest BCUT2D eigenvalue weighted by Crippen LogP contribution is 2.17. The first-order valence-corrected chi connectivity index (χ1v) is 5.31. The Morgan fingerprint density at radius 1 is 1.45 bits per heavy atom. The Kier molecular flexibility index (Phi) is 2.51. The lowest BCUT2D eigenvalue weighted by atomic mass is 10.1. The van der Waals surface area contributed by atoms with E-state index in [-0.39, 0.29) is 6.04 Å². The third-order valence-corrected chi connectivity index (χ3v) is 3.27. The molecule has 1 fully saturated rings. The van der Waals surface area contributed by atoms with Crippen molar-refractivity contribution in [3.05, 3.63) is 0 Å². The smallest absolute Gasteiger partial charge is 0.216 e. The van der Waals surface area contributed by atoms with Crippen LogP contribution >= 0.6 is 0 Å². The monoisotopic (exact) mass is 178 g/mol. The molecule has 1 rings (SSSR count). The number of hydrogen-bond donors (Lipinski definition) is 1. The minimum atomic E-state index is -3.44. The number of hydrogen-bond acceptors (Lipinski definition) is 2. The van der Waals surface area contributed by atoms with Crippen LogP contribution in [0.15, 0.2) is 0 Å². The Hall–Kier alpha value is -0.130. The van der Waals surface area contributed by atoms with Gasteiger partial charge < -0.3 is 0 Å². The molecule has 0 aliphatic carbocycles. The molecule has 0 radical (unpaired) electrons. The van der Waals surface area contributed by atoms with Gasteiger partial charge in [-0.1, -0.05) is 6.42 Å². The van der Waals surface area contributed by atoms with Crippen molar-refractivity contribution in [3.8, 4) is 0 Å². The summed E-state index contributed by atoms with van der Waals surface area (Å²) in [6, 6.07) is 0.0822. The Labute approximate surface area is 67.6 Å². The highest BCUT2D eigenvalue weighted by Gasteiger charge is 2.25. The average molecular weight is 178 g/mol. The molecule has 66 valence electrons. The van der Waals surface area contributed by atoms with Gasteiger partial charge >= 0.3 is 0 Å². The van der Waals surface area contributed by atoms with Crippen LogP contribution in [0.25, 0.3) is 0 Å². The Bertz CT molecular complexity index is 225. The van der Waals surface area contributed by atoms with Gasteiger partial charge in [-0.25, -0.2) is 5.14 Å². The van der Waals surface area contributed by atoms with Gasteiger partial charge in [0.05, 0.1) is 0 Å². The summed E-state index contributed by atoms with van der Waals surface area (Å²) in [5.74, 6) is 0. The number of nitrogens with zero attached hydrogens (tertiary/aromatic N) is 1. The number of piperidine rings is 1. The van der Waals surface area contributed by atoms with Crippen LogP contribution < -0.4 is 5.14 Å². The topological polar surface area (TPSA) is 63.4 Å². The second-order valence-electron chi connectivity index (χ2n) is 3.00. The molecule has 11 heavy (non-hydrogen) atoms. The SMILES string of the molecule is CC1CCCCN1S(N)(=O)=O. The first-order valence-electron chi connectivity index (χ1n) is 3.81. The van der Waals surface area contributed by atoms with Gasteiger partial charge in [0, 0.05) is 12.6 Å². The average Bonchev–Trinajstić information content (AvgIpc) is 1.86. The summed E-state index contributed by atoms with van der Waals surface area (Å²) in [6.45, 7) is 2.48. The molecule has 0 bridgehead atoms. The van der Waals surface area contributed by atoms with E-state index in [0.717, 1.165) is 19.3 Å². The summed E-state index contributed by atoms with van der Waals surface area (Å²) in [4.78, 5) is 0. The van der Waals surface area contributed by atoms with Gasteiger partial charge in [-0.2, -0.15) is 12.7 Å². The molecule has 0 aromatic rings. The van der Waals surface area contributed by atoms with Crippen molar-refractivity contribution < 1.29 is 8.42 Å². The van der Waals surface area contributed by atoms with E-state index in [1.165, 1.54) is 4.31 Å². The summed E-state index contributed by atoms with van der Waals surface area (Å²) in [5, 5.41) is 5.00. The lowest BCUT2D eigenvalue weighted by Crippen LogP contribution is -2.45. The van der Waals surface area contributed by atoms with Gasteiger partial charge in [0.1, 0.15) is 0 Å². The fraction of sp³-hybridized carbons (Fsp3) is 1.00. The molecule has 1 aliphatic heterocycles. The molecular weight excluding hydrogens is 164 g/mol. The molecule has 0 saturated carbocycles. The van der Waals surface area contributed by atoms with Crippen LogP contribution in [0.5, 0.6) is 0 Å². The van der Waals surface area contributed by atoms with Crippen LogP contribution in [0, 0.1) is 0 Å².